The normalized spacial score (nSPS) is 12.8. The Morgan fingerprint density at radius 3 is 3.14 bits per heavy atom. The molecule has 1 aliphatic rings. The number of fused-ring (bicyclic) bond motifs is 1. The fourth-order valence-corrected chi connectivity index (χ4v) is 3.48. The average molecular weight is 322 g/mol. The van der Waals surface area contributed by atoms with Crippen LogP contribution in [0.2, 0.25) is 5.02 Å². The lowest BCUT2D eigenvalue weighted by Crippen LogP contribution is -2.00. The zero-order valence-corrected chi connectivity index (χ0v) is 12.6. The Hall–Kier alpha value is -1.72. The molecule has 2 aromatic rings. The number of benzene rings is 1. The highest BCUT2D eigenvalue weighted by atomic mass is 35.5. The van der Waals surface area contributed by atoms with Crippen molar-refractivity contribution in [2.24, 2.45) is 0 Å². The number of aromatic nitrogens is 1. The van der Waals surface area contributed by atoms with E-state index in [1.54, 1.807) is 18.3 Å². The third-order valence-corrected chi connectivity index (χ3v) is 4.46. The van der Waals surface area contributed by atoms with Gasteiger partial charge in [0.05, 0.1) is 12.2 Å². The number of carboxylic acids is 1. The topological polar surface area (TPSA) is 59.4 Å². The quantitative estimate of drug-likeness (QED) is 0.871. The molecule has 1 aromatic heterocycles. The maximum absolute atomic E-state index is 11.2. The van der Waals surface area contributed by atoms with Gasteiger partial charge in [-0.1, -0.05) is 11.6 Å². The molecule has 1 aromatic carbocycles. The van der Waals surface area contributed by atoms with Crippen LogP contribution >= 0.6 is 23.4 Å². The number of ether oxygens (including phenoxy) is 1. The highest BCUT2D eigenvalue weighted by molar-refractivity contribution is 7.98. The summed E-state index contributed by atoms with van der Waals surface area (Å²) in [7, 11) is 0. The summed E-state index contributed by atoms with van der Waals surface area (Å²) < 4.78 is 5.64. The van der Waals surface area contributed by atoms with Crippen molar-refractivity contribution in [2.75, 3.05) is 6.61 Å². The molecule has 0 unspecified atom stereocenters. The highest BCUT2D eigenvalue weighted by Gasteiger charge is 2.19. The monoisotopic (exact) mass is 321 g/mol. The summed E-state index contributed by atoms with van der Waals surface area (Å²) in [5, 5.41) is 10.3. The van der Waals surface area contributed by atoms with E-state index in [1.807, 2.05) is 12.1 Å². The zero-order valence-electron chi connectivity index (χ0n) is 11.0. The lowest BCUT2D eigenvalue weighted by Gasteiger charge is -2.09. The fraction of sp³-hybridized carbons (Fsp3) is 0.200. The molecular weight excluding hydrogens is 310 g/mol. The number of pyridine rings is 1. The summed E-state index contributed by atoms with van der Waals surface area (Å²) in [4.78, 5) is 15.3. The number of hydrogen-bond acceptors (Lipinski definition) is 4. The Bertz CT molecular complexity index is 705. The molecule has 0 amide bonds. The van der Waals surface area contributed by atoms with Crippen LogP contribution in [-0.2, 0) is 12.2 Å². The molecule has 0 saturated carbocycles. The zero-order chi connectivity index (χ0) is 14.8. The van der Waals surface area contributed by atoms with Crippen LogP contribution in [0.5, 0.6) is 5.75 Å². The van der Waals surface area contributed by atoms with Gasteiger partial charge in [-0.15, -0.1) is 11.8 Å². The Kier molecular flexibility index (Phi) is 4.03. The molecule has 4 nitrogen and oxygen atoms in total. The van der Waals surface area contributed by atoms with Crippen molar-refractivity contribution in [1.29, 1.82) is 0 Å². The summed E-state index contributed by atoms with van der Waals surface area (Å²) >= 11 is 7.49. The molecule has 21 heavy (non-hydrogen) atoms. The van der Waals surface area contributed by atoms with Gasteiger partial charge in [-0.05, 0) is 29.8 Å². The van der Waals surface area contributed by atoms with Gasteiger partial charge in [-0.2, -0.15) is 0 Å². The van der Waals surface area contributed by atoms with Crippen molar-refractivity contribution in [1.82, 2.24) is 4.98 Å². The van der Waals surface area contributed by atoms with E-state index in [0.29, 0.717) is 22.4 Å². The molecule has 0 spiro atoms. The van der Waals surface area contributed by atoms with Gasteiger partial charge in [0.25, 0.3) is 0 Å². The minimum Gasteiger partial charge on any atom is -0.493 e. The van der Waals surface area contributed by atoms with Crippen LogP contribution in [0, 0.1) is 0 Å². The van der Waals surface area contributed by atoms with Gasteiger partial charge < -0.3 is 9.84 Å². The van der Waals surface area contributed by atoms with E-state index in [9.17, 15) is 4.79 Å². The number of thioether (sulfide) groups is 1. The fourth-order valence-electron chi connectivity index (χ4n) is 2.27. The summed E-state index contributed by atoms with van der Waals surface area (Å²) in [5.41, 5.74) is 2.29. The van der Waals surface area contributed by atoms with Crippen LogP contribution in [0.1, 0.15) is 21.5 Å². The smallest absolute Gasteiger partial charge is 0.338 e. The second kappa shape index (κ2) is 5.95. The molecule has 0 fully saturated rings. The predicted molar refractivity (Wildman–Crippen MR) is 81.4 cm³/mol. The average Bonchev–Trinajstić information content (AvgIpc) is 2.93. The number of nitrogens with zero attached hydrogens (tertiary/aromatic N) is 1. The number of carboxylic acid groups (broad SMARTS) is 1. The molecule has 0 radical (unpaired) electrons. The molecule has 2 heterocycles. The minimum absolute atomic E-state index is 0.210. The first-order chi connectivity index (χ1) is 10.1. The largest absolute Gasteiger partial charge is 0.493 e. The van der Waals surface area contributed by atoms with Gasteiger partial charge in [0.2, 0.25) is 0 Å². The van der Waals surface area contributed by atoms with Crippen molar-refractivity contribution >= 4 is 29.3 Å². The number of halogens is 1. The summed E-state index contributed by atoms with van der Waals surface area (Å²) in [6, 6.07) is 6.95. The van der Waals surface area contributed by atoms with E-state index >= 15 is 0 Å². The van der Waals surface area contributed by atoms with E-state index in [1.165, 1.54) is 11.8 Å². The molecule has 0 atom stereocenters. The molecule has 108 valence electrons. The van der Waals surface area contributed by atoms with Gasteiger partial charge in [0.15, 0.2) is 0 Å². The van der Waals surface area contributed by atoms with Gasteiger partial charge in [0.1, 0.15) is 10.8 Å². The van der Waals surface area contributed by atoms with E-state index in [-0.39, 0.29) is 5.56 Å². The minimum atomic E-state index is -0.974. The molecular formula is C15H12ClNO3S. The number of rotatable bonds is 4. The van der Waals surface area contributed by atoms with Crippen molar-refractivity contribution in [3.05, 3.63) is 52.2 Å². The summed E-state index contributed by atoms with van der Waals surface area (Å²) in [6.07, 6.45) is 2.45. The maximum Gasteiger partial charge on any atom is 0.338 e. The molecule has 0 bridgehead atoms. The van der Waals surface area contributed by atoms with Gasteiger partial charge >= 0.3 is 5.97 Å². The molecule has 6 heteroatoms. The van der Waals surface area contributed by atoms with Gasteiger partial charge in [0, 0.05) is 29.0 Å². The lowest BCUT2D eigenvalue weighted by atomic mass is 10.1. The first kappa shape index (κ1) is 14.2. The van der Waals surface area contributed by atoms with Crippen LogP contribution in [0.3, 0.4) is 0 Å². The Morgan fingerprint density at radius 1 is 1.48 bits per heavy atom. The van der Waals surface area contributed by atoms with E-state index in [0.717, 1.165) is 23.3 Å². The molecule has 0 aliphatic carbocycles. The van der Waals surface area contributed by atoms with E-state index < -0.39 is 5.97 Å². The van der Waals surface area contributed by atoms with Gasteiger partial charge in [-0.3, -0.25) is 0 Å². The van der Waals surface area contributed by atoms with Crippen LogP contribution in [0.15, 0.2) is 35.5 Å². The van der Waals surface area contributed by atoms with Crippen LogP contribution < -0.4 is 4.74 Å². The molecule has 0 saturated heterocycles. The Morgan fingerprint density at radius 2 is 2.33 bits per heavy atom. The lowest BCUT2D eigenvalue weighted by molar-refractivity contribution is 0.0692. The summed E-state index contributed by atoms with van der Waals surface area (Å²) in [5.74, 6) is 0.470. The third-order valence-electron chi connectivity index (χ3n) is 3.19. The Labute approximate surface area is 131 Å². The third kappa shape index (κ3) is 2.99. The summed E-state index contributed by atoms with van der Waals surface area (Å²) in [6.45, 7) is 0.664. The maximum atomic E-state index is 11.2. The SMILES string of the molecule is O=C(O)c1cccnc1SCc1cc(Cl)cc2c1OCC2. The second-order valence-corrected chi connectivity index (χ2v) is 6.00. The first-order valence-corrected chi connectivity index (χ1v) is 7.76. The number of carbonyl (C=O) groups is 1. The Balaban J connectivity index is 1.85. The highest BCUT2D eigenvalue weighted by Crippen LogP contribution is 2.36. The number of aromatic carboxylic acids is 1. The van der Waals surface area contributed by atoms with Crippen molar-refractivity contribution < 1.29 is 14.6 Å². The van der Waals surface area contributed by atoms with Crippen molar-refractivity contribution in [3.8, 4) is 5.75 Å². The van der Waals surface area contributed by atoms with Crippen molar-refractivity contribution in [3.63, 3.8) is 0 Å². The molecule has 1 N–H and O–H groups in total. The van der Waals surface area contributed by atoms with Crippen LogP contribution in [-0.4, -0.2) is 22.7 Å². The second-order valence-electron chi connectivity index (χ2n) is 4.60. The van der Waals surface area contributed by atoms with Gasteiger partial charge in [-0.25, -0.2) is 9.78 Å². The number of hydrogen-bond donors (Lipinski definition) is 1. The molecule has 1 aliphatic heterocycles. The van der Waals surface area contributed by atoms with E-state index in [2.05, 4.69) is 4.98 Å². The van der Waals surface area contributed by atoms with Crippen LogP contribution in [0.25, 0.3) is 0 Å². The predicted octanol–water partition coefficient (Wildman–Crippen LogP) is 3.66. The first-order valence-electron chi connectivity index (χ1n) is 6.40. The van der Waals surface area contributed by atoms with Crippen LogP contribution in [0.4, 0.5) is 0 Å². The van der Waals surface area contributed by atoms with E-state index in [4.69, 9.17) is 21.4 Å². The standard InChI is InChI=1S/C15H12ClNO3S/c16-11-6-9-3-5-20-13(9)10(7-11)8-21-14-12(15(18)19)2-1-4-17-14/h1-2,4,6-7H,3,5,8H2,(H,18,19). The van der Waals surface area contributed by atoms with Crippen molar-refractivity contribution in [2.45, 2.75) is 17.2 Å². The molecule has 3 rings (SSSR count).